The molecule has 2 rings (SSSR count). The molecule has 1 aliphatic rings. The van der Waals surface area contributed by atoms with E-state index in [0.29, 0.717) is 5.92 Å². The summed E-state index contributed by atoms with van der Waals surface area (Å²) in [6, 6.07) is 6.55. The van der Waals surface area contributed by atoms with Crippen LogP contribution in [-0.2, 0) is 0 Å². The summed E-state index contributed by atoms with van der Waals surface area (Å²) in [7, 11) is 0. The summed E-state index contributed by atoms with van der Waals surface area (Å²) in [4.78, 5) is 0. The Morgan fingerprint density at radius 3 is 2.50 bits per heavy atom. The molecule has 0 aliphatic heterocycles. The van der Waals surface area contributed by atoms with Crippen molar-refractivity contribution in [1.29, 1.82) is 0 Å². The standard InChI is InChI=1S/C16H24ClN/c1-11-5-6-12(9-15(11)17)14-8-7-13(14)10-18-16(2,3)4/h5-6,9,13-14,18H,7-8,10H2,1-4H3. The molecule has 2 heteroatoms. The van der Waals surface area contributed by atoms with Crippen molar-refractivity contribution in [2.75, 3.05) is 6.54 Å². The van der Waals surface area contributed by atoms with E-state index in [-0.39, 0.29) is 5.54 Å². The van der Waals surface area contributed by atoms with Crippen molar-refractivity contribution >= 4 is 11.6 Å². The molecule has 18 heavy (non-hydrogen) atoms. The van der Waals surface area contributed by atoms with Crippen LogP contribution in [0.5, 0.6) is 0 Å². The van der Waals surface area contributed by atoms with E-state index < -0.39 is 0 Å². The van der Waals surface area contributed by atoms with Crippen molar-refractivity contribution in [3.05, 3.63) is 34.3 Å². The highest BCUT2D eigenvalue weighted by molar-refractivity contribution is 6.31. The molecule has 1 aromatic carbocycles. The van der Waals surface area contributed by atoms with E-state index in [1.54, 1.807) is 0 Å². The molecular weight excluding hydrogens is 242 g/mol. The first kappa shape index (κ1) is 13.9. The third-order valence-electron chi connectivity index (χ3n) is 3.94. The maximum atomic E-state index is 6.22. The Bertz CT molecular complexity index is 420. The van der Waals surface area contributed by atoms with E-state index in [9.17, 15) is 0 Å². The number of hydrogen-bond acceptors (Lipinski definition) is 1. The van der Waals surface area contributed by atoms with Crippen molar-refractivity contribution in [2.24, 2.45) is 5.92 Å². The molecule has 0 radical (unpaired) electrons. The van der Waals surface area contributed by atoms with Gasteiger partial charge in [0.25, 0.3) is 0 Å². The van der Waals surface area contributed by atoms with Crippen molar-refractivity contribution < 1.29 is 0 Å². The van der Waals surface area contributed by atoms with Crippen molar-refractivity contribution in [1.82, 2.24) is 5.32 Å². The van der Waals surface area contributed by atoms with Gasteiger partial charge < -0.3 is 5.32 Å². The van der Waals surface area contributed by atoms with E-state index in [2.05, 4.69) is 51.2 Å². The van der Waals surface area contributed by atoms with E-state index in [4.69, 9.17) is 11.6 Å². The first-order chi connectivity index (χ1) is 8.37. The van der Waals surface area contributed by atoms with Gasteiger partial charge in [0, 0.05) is 10.6 Å². The van der Waals surface area contributed by atoms with Gasteiger partial charge in [-0.15, -0.1) is 0 Å². The third-order valence-corrected chi connectivity index (χ3v) is 4.34. The average molecular weight is 266 g/mol. The van der Waals surface area contributed by atoms with Crippen LogP contribution in [0.3, 0.4) is 0 Å². The Morgan fingerprint density at radius 2 is 2.00 bits per heavy atom. The van der Waals surface area contributed by atoms with E-state index in [0.717, 1.165) is 17.5 Å². The molecule has 100 valence electrons. The van der Waals surface area contributed by atoms with Gasteiger partial charge in [-0.25, -0.2) is 0 Å². The maximum absolute atomic E-state index is 6.22. The minimum atomic E-state index is 0.213. The number of nitrogens with one attached hydrogen (secondary N) is 1. The second kappa shape index (κ2) is 5.22. The molecule has 0 spiro atoms. The molecule has 0 heterocycles. The Morgan fingerprint density at radius 1 is 1.28 bits per heavy atom. The molecule has 0 bridgehead atoms. The van der Waals surface area contributed by atoms with Gasteiger partial charge >= 0.3 is 0 Å². The Balaban J connectivity index is 1.99. The quantitative estimate of drug-likeness (QED) is 0.847. The van der Waals surface area contributed by atoms with Crippen LogP contribution in [0.1, 0.15) is 50.7 Å². The zero-order valence-corrected chi connectivity index (χ0v) is 12.6. The van der Waals surface area contributed by atoms with Crippen LogP contribution in [0.15, 0.2) is 18.2 Å². The largest absolute Gasteiger partial charge is 0.312 e. The Kier molecular flexibility index (Phi) is 4.03. The number of aryl methyl sites for hydroxylation is 1. The minimum Gasteiger partial charge on any atom is -0.312 e. The zero-order chi connectivity index (χ0) is 13.3. The lowest BCUT2D eigenvalue weighted by molar-refractivity contribution is 0.226. The second-order valence-corrected chi connectivity index (χ2v) is 6.99. The number of rotatable bonds is 3. The van der Waals surface area contributed by atoms with Crippen LogP contribution >= 0.6 is 11.6 Å². The summed E-state index contributed by atoms with van der Waals surface area (Å²) in [5.41, 5.74) is 2.80. The molecular formula is C16H24ClN. The minimum absolute atomic E-state index is 0.213. The molecule has 1 N–H and O–H groups in total. The molecule has 1 fully saturated rings. The molecule has 1 aliphatic carbocycles. The Labute approximate surface area is 116 Å². The van der Waals surface area contributed by atoms with Crippen LogP contribution in [0.2, 0.25) is 5.02 Å². The van der Waals surface area contributed by atoms with Gasteiger partial charge in [0.1, 0.15) is 0 Å². The molecule has 2 atom stereocenters. The highest BCUT2D eigenvalue weighted by atomic mass is 35.5. The highest BCUT2D eigenvalue weighted by Gasteiger charge is 2.32. The maximum Gasteiger partial charge on any atom is 0.0438 e. The molecule has 0 saturated heterocycles. The zero-order valence-electron chi connectivity index (χ0n) is 11.9. The van der Waals surface area contributed by atoms with E-state index in [1.165, 1.54) is 24.0 Å². The second-order valence-electron chi connectivity index (χ2n) is 6.58. The first-order valence-corrected chi connectivity index (χ1v) is 7.26. The molecule has 1 aromatic rings. The van der Waals surface area contributed by atoms with Gasteiger partial charge in [-0.1, -0.05) is 23.7 Å². The molecule has 2 unspecified atom stereocenters. The van der Waals surface area contributed by atoms with Crippen LogP contribution < -0.4 is 5.32 Å². The van der Waals surface area contributed by atoms with Crippen LogP contribution in [0.4, 0.5) is 0 Å². The SMILES string of the molecule is Cc1ccc(C2CCC2CNC(C)(C)C)cc1Cl. The summed E-state index contributed by atoms with van der Waals surface area (Å²) in [5, 5.41) is 4.52. The summed E-state index contributed by atoms with van der Waals surface area (Å²) in [6.07, 6.45) is 2.63. The molecule has 1 saturated carbocycles. The topological polar surface area (TPSA) is 12.0 Å². The fourth-order valence-corrected chi connectivity index (χ4v) is 2.72. The first-order valence-electron chi connectivity index (χ1n) is 6.88. The van der Waals surface area contributed by atoms with Gasteiger partial charge in [0.2, 0.25) is 0 Å². The summed E-state index contributed by atoms with van der Waals surface area (Å²) < 4.78 is 0. The lowest BCUT2D eigenvalue weighted by Crippen LogP contribution is -2.42. The van der Waals surface area contributed by atoms with E-state index >= 15 is 0 Å². The Hall–Kier alpha value is -0.530. The van der Waals surface area contributed by atoms with Gasteiger partial charge in [0.05, 0.1) is 0 Å². The fourth-order valence-electron chi connectivity index (χ4n) is 2.53. The molecule has 1 nitrogen and oxygen atoms in total. The van der Waals surface area contributed by atoms with Gasteiger partial charge in [0.15, 0.2) is 0 Å². The lowest BCUT2D eigenvalue weighted by Gasteiger charge is -2.39. The van der Waals surface area contributed by atoms with Gasteiger partial charge in [-0.3, -0.25) is 0 Å². The molecule has 0 amide bonds. The van der Waals surface area contributed by atoms with Gasteiger partial charge in [-0.05, 0) is 76.1 Å². The summed E-state index contributed by atoms with van der Waals surface area (Å²) in [5.74, 6) is 1.46. The van der Waals surface area contributed by atoms with Crippen LogP contribution in [-0.4, -0.2) is 12.1 Å². The number of benzene rings is 1. The highest BCUT2D eigenvalue weighted by Crippen LogP contribution is 2.43. The lowest BCUT2D eigenvalue weighted by atomic mass is 9.69. The van der Waals surface area contributed by atoms with Crippen LogP contribution in [0.25, 0.3) is 0 Å². The molecule has 0 aromatic heterocycles. The predicted molar refractivity (Wildman–Crippen MR) is 79.4 cm³/mol. The summed E-state index contributed by atoms with van der Waals surface area (Å²) >= 11 is 6.22. The average Bonchev–Trinajstić information content (AvgIpc) is 2.20. The third kappa shape index (κ3) is 3.27. The summed E-state index contributed by atoms with van der Waals surface area (Å²) in [6.45, 7) is 9.85. The smallest absolute Gasteiger partial charge is 0.0438 e. The predicted octanol–water partition coefficient (Wildman–Crippen LogP) is 4.53. The number of halogens is 1. The fraction of sp³-hybridized carbons (Fsp3) is 0.625. The van der Waals surface area contributed by atoms with Crippen molar-refractivity contribution in [3.63, 3.8) is 0 Å². The number of hydrogen-bond donors (Lipinski definition) is 1. The van der Waals surface area contributed by atoms with Crippen LogP contribution in [0, 0.1) is 12.8 Å². The normalized spacial score (nSPS) is 23.8. The van der Waals surface area contributed by atoms with Gasteiger partial charge in [-0.2, -0.15) is 0 Å². The van der Waals surface area contributed by atoms with Crippen molar-refractivity contribution in [3.8, 4) is 0 Å². The van der Waals surface area contributed by atoms with E-state index in [1.807, 2.05) is 0 Å². The monoisotopic (exact) mass is 265 g/mol. The van der Waals surface area contributed by atoms with Crippen molar-refractivity contribution in [2.45, 2.75) is 52.0 Å².